The van der Waals surface area contributed by atoms with E-state index in [1.165, 1.54) is 0 Å². The van der Waals surface area contributed by atoms with Gasteiger partial charge in [0.25, 0.3) is 11.7 Å². The average molecular weight is 553 g/mol. The van der Waals surface area contributed by atoms with E-state index in [2.05, 4.69) is 25.7 Å². The van der Waals surface area contributed by atoms with Gasteiger partial charge in [0.1, 0.15) is 11.5 Å². The van der Waals surface area contributed by atoms with Gasteiger partial charge in [0.15, 0.2) is 11.5 Å². The number of aliphatic hydroxyl groups is 1. The van der Waals surface area contributed by atoms with E-state index in [0.29, 0.717) is 54.6 Å². The molecule has 1 fully saturated rings. The van der Waals surface area contributed by atoms with E-state index in [9.17, 15) is 14.7 Å². The van der Waals surface area contributed by atoms with Crippen molar-refractivity contribution in [1.29, 1.82) is 0 Å². The molecule has 0 aromatic heterocycles. The first kappa shape index (κ1) is 31.0. The lowest BCUT2D eigenvalue weighted by Gasteiger charge is -2.27. The van der Waals surface area contributed by atoms with Gasteiger partial charge in [0.2, 0.25) is 0 Å². The van der Waals surface area contributed by atoms with Crippen molar-refractivity contribution in [3.63, 3.8) is 0 Å². The van der Waals surface area contributed by atoms with E-state index in [-0.39, 0.29) is 11.3 Å². The normalized spacial score (nSPS) is 16.6. The van der Waals surface area contributed by atoms with Gasteiger partial charge in [-0.05, 0) is 80.9 Å². The van der Waals surface area contributed by atoms with E-state index in [0.717, 1.165) is 38.9 Å². The van der Waals surface area contributed by atoms with Crippen molar-refractivity contribution in [2.75, 3.05) is 46.5 Å². The predicted molar refractivity (Wildman–Crippen MR) is 157 cm³/mol. The molecule has 2 aromatic rings. The number of rotatable bonds is 16. The number of Topliss-reactive ketones (excluding diaryl/α,β-unsaturated/α-hetero) is 1. The number of hydrogen-bond acceptors (Lipinski definition) is 7. The quantitative estimate of drug-likeness (QED) is 0.122. The molecule has 1 N–H and O–H groups in total. The smallest absolute Gasteiger partial charge is 0.295 e. The van der Waals surface area contributed by atoms with Crippen molar-refractivity contribution in [3.05, 3.63) is 59.2 Å². The van der Waals surface area contributed by atoms with Crippen molar-refractivity contribution >= 4 is 17.4 Å². The zero-order chi connectivity index (χ0) is 29.1. The Hall–Kier alpha value is -3.52. The molecule has 2 aromatic carbocycles. The maximum Gasteiger partial charge on any atom is 0.295 e. The minimum absolute atomic E-state index is 0.0665. The van der Waals surface area contributed by atoms with Crippen LogP contribution in [0.3, 0.4) is 0 Å². The first-order valence-electron chi connectivity index (χ1n) is 14.4. The summed E-state index contributed by atoms with van der Waals surface area (Å²) >= 11 is 0. The third-order valence-electron chi connectivity index (χ3n) is 7.17. The number of methoxy groups -OCH3 is 1. The predicted octanol–water partition coefficient (Wildman–Crippen LogP) is 5.82. The average Bonchev–Trinajstić information content (AvgIpc) is 3.23. The fourth-order valence-electron chi connectivity index (χ4n) is 4.85. The van der Waals surface area contributed by atoms with Gasteiger partial charge in [0.05, 0.1) is 31.9 Å². The summed E-state index contributed by atoms with van der Waals surface area (Å²) in [5.74, 6) is 0.268. The Bertz CT molecular complexity index is 1160. The first-order chi connectivity index (χ1) is 19.4. The van der Waals surface area contributed by atoms with Crippen LogP contribution in [0.1, 0.15) is 70.5 Å². The molecule has 1 saturated heterocycles. The molecule has 1 amide bonds. The molecule has 0 unspecified atom stereocenters. The molecule has 1 heterocycles. The summed E-state index contributed by atoms with van der Waals surface area (Å²) in [6.07, 6.45) is 3.50. The number of amides is 1. The number of carbonyl (C=O) groups is 2. The van der Waals surface area contributed by atoms with Crippen LogP contribution < -0.4 is 14.2 Å². The molecule has 0 spiro atoms. The number of benzene rings is 2. The van der Waals surface area contributed by atoms with Gasteiger partial charge in [-0.15, -0.1) is 0 Å². The largest absolute Gasteiger partial charge is 0.507 e. The summed E-state index contributed by atoms with van der Waals surface area (Å²) in [7, 11) is 1.56. The van der Waals surface area contributed by atoms with Crippen LogP contribution in [0.15, 0.2) is 48.0 Å². The number of ketones is 1. The van der Waals surface area contributed by atoms with Crippen LogP contribution in [-0.2, 0) is 9.59 Å². The zero-order valence-electron chi connectivity index (χ0n) is 24.6. The van der Waals surface area contributed by atoms with Gasteiger partial charge in [0, 0.05) is 12.1 Å². The van der Waals surface area contributed by atoms with Gasteiger partial charge in [-0.3, -0.25) is 9.59 Å². The fourth-order valence-corrected chi connectivity index (χ4v) is 4.85. The summed E-state index contributed by atoms with van der Waals surface area (Å²) in [5, 5.41) is 11.4. The highest BCUT2D eigenvalue weighted by molar-refractivity contribution is 6.46. The summed E-state index contributed by atoms with van der Waals surface area (Å²) in [6.45, 7) is 12.5. The summed E-state index contributed by atoms with van der Waals surface area (Å²) < 4.78 is 17.2. The summed E-state index contributed by atoms with van der Waals surface area (Å²) in [5.41, 5.74) is 1.18. The number of aliphatic hydroxyl groups excluding tert-OH is 1. The van der Waals surface area contributed by atoms with Gasteiger partial charge < -0.3 is 29.1 Å². The number of ether oxygens (including phenoxy) is 3. The molecule has 0 aliphatic carbocycles. The Morgan fingerprint density at radius 3 is 2.25 bits per heavy atom. The Morgan fingerprint density at radius 2 is 1.62 bits per heavy atom. The van der Waals surface area contributed by atoms with Crippen molar-refractivity contribution < 1.29 is 28.9 Å². The van der Waals surface area contributed by atoms with Crippen molar-refractivity contribution in [1.82, 2.24) is 9.80 Å². The monoisotopic (exact) mass is 552 g/mol. The van der Waals surface area contributed by atoms with E-state index in [1.54, 1.807) is 48.4 Å². The molecule has 1 aliphatic heterocycles. The molecule has 8 heteroatoms. The van der Waals surface area contributed by atoms with Crippen LogP contribution in [-0.4, -0.2) is 73.1 Å². The molecule has 3 rings (SSSR count). The minimum Gasteiger partial charge on any atom is -0.507 e. The molecule has 1 atom stereocenters. The molecule has 40 heavy (non-hydrogen) atoms. The van der Waals surface area contributed by atoms with Crippen molar-refractivity contribution in [2.45, 2.75) is 59.4 Å². The highest BCUT2D eigenvalue weighted by Gasteiger charge is 2.46. The number of nitrogens with zero attached hydrogens (tertiary/aromatic N) is 2. The lowest BCUT2D eigenvalue weighted by molar-refractivity contribution is -0.140. The van der Waals surface area contributed by atoms with Gasteiger partial charge >= 0.3 is 0 Å². The Balaban J connectivity index is 2.03. The summed E-state index contributed by atoms with van der Waals surface area (Å²) in [4.78, 5) is 30.6. The van der Waals surface area contributed by atoms with Crippen LogP contribution in [0, 0.1) is 0 Å². The maximum absolute atomic E-state index is 13.4. The van der Waals surface area contributed by atoms with Crippen LogP contribution in [0.5, 0.6) is 17.2 Å². The topological polar surface area (TPSA) is 88.5 Å². The van der Waals surface area contributed by atoms with E-state index in [4.69, 9.17) is 14.2 Å². The second kappa shape index (κ2) is 15.3. The van der Waals surface area contributed by atoms with Crippen LogP contribution in [0.25, 0.3) is 5.76 Å². The van der Waals surface area contributed by atoms with E-state index in [1.807, 2.05) is 13.0 Å². The lowest BCUT2D eigenvalue weighted by atomic mass is 9.95. The molecule has 0 radical (unpaired) electrons. The van der Waals surface area contributed by atoms with Crippen molar-refractivity contribution in [2.24, 2.45) is 0 Å². The molecular weight excluding hydrogens is 508 g/mol. The van der Waals surface area contributed by atoms with Gasteiger partial charge in [-0.25, -0.2) is 0 Å². The number of unbranched alkanes of at least 4 members (excludes halogenated alkanes) is 1. The summed E-state index contributed by atoms with van der Waals surface area (Å²) in [6, 6.07) is 11.6. The maximum atomic E-state index is 13.4. The Labute approximate surface area is 238 Å². The van der Waals surface area contributed by atoms with Crippen molar-refractivity contribution in [3.8, 4) is 17.2 Å². The van der Waals surface area contributed by atoms with Crippen LogP contribution in [0.2, 0.25) is 0 Å². The number of likely N-dealkylation sites (tertiary alicyclic amines) is 1. The zero-order valence-corrected chi connectivity index (χ0v) is 24.6. The SMILES string of the molecule is CCCCOc1ccc([C@@H]2C(=C(O)c3ccc(OCCC)cc3)C(=O)C(=O)N2CCCN(CC)CC)cc1OC. The van der Waals surface area contributed by atoms with Crippen LogP contribution in [0.4, 0.5) is 0 Å². The van der Waals surface area contributed by atoms with E-state index < -0.39 is 17.7 Å². The second-order valence-electron chi connectivity index (χ2n) is 9.86. The standard InChI is InChI=1S/C32H44N2O6/c1-6-10-21-40-26-17-14-24(22-27(26)38-5)29-28(30(35)23-12-15-25(16-13-23)39-20-7-2)31(36)32(37)34(29)19-11-18-33(8-3)9-4/h12-17,22,29,35H,6-11,18-21H2,1-5H3/t29-/m1/s1. The fraction of sp³-hybridized carbons (Fsp3) is 0.500. The minimum atomic E-state index is -0.758. The number of hydrogen-bond donors (Lipinski definition) is 1. The lowest BCUT2D eigenvalue weighted by Crippen LogP contribution is -2.33. The molecule has 0 bridgehead atoms. The van der Waals surface area contributed by atoms with Crippen LogP contribution >= 0.6 is 0 Å². The molecular formula is C32H44N2O6. The Kier molecular flexibility index (Phi) is 11.9. The highest BCUT2D eigenvalue weighted by Crippen LogP contribution is 2.42. The molecule has 0 saturated carbocycles. The highest BCUT2D eigenvalue weighted by atomic mass is 16.5. The number of carbonyl (C=O) groups excluding carboxylic acids is 2. The molecule has 8 nitrogen and oxygen atoms in total. The van der Waals surface area contributed by atoms with E-state index >= 15 is 0 Å². The molecule has 1 aliphatic rings. The van der Waals surface area contributed by atoms with Gasteiger partial charge in [-0.2, -0.15) is 0 Å². The second-order valence-corrected chi connectivity index (χ2v) is 9.86. The first-order valence-corrected chi connectivity index (χ1v) is 14.4. The third kappa shape index (κ3) is 7.36. The molecule has 218 valence electrons. The van der Waals surface area contributed by atoms with Gasteiger partial charge in [-0.1, -0.05) is 40.2 Å². The Morgan fingerprint density at radius 1 is 0.900 bits per heavy atom. The third-order valence-corrected chi connectivity index (χ3v) is 7.17.